The lowest BCUT2D eigenvalue weighted by molar-refractivity contribution is -0.274. The number of hydrogen-bond donors (Lipinski definition) is 2. The van der Waals surface area contributed by atoms with Gasteiger partial charge < -0.3 is 14.5 Å². The zero-order valence-electron chi connectivity index (χ0n) is 16.0. The summed E-state index contributed by atoms with van der Waals surface area (Å²) in [6.07, 6.45) is -3.51. The van der Waals surface area contributed by atoms with Crippen LogP contribution >= 0.6 is 0 Å². The summed E-state index contributed by atoms with van der Waals surface area (Å²) in [5, 5.41) is 17.7. The van der Waals surface area contributed by atoms with Gasteiger partial charge in [-0.15, -0.1) is 23.4 Å². The number of fused-ring (bicyclic) bond motifs is 1. The molecule has 30 heavy (non-hydrogen) atoms. The molecule has 2 aromatic carbocycles. The van der Waals surface area contributed by atoms with E-state index in [1.54, 1.807) is 18.2 Å². The second kappa shape index (κ2) is 8.05. The fraction of sp³-hybridized carbons (Fsp3) is 0.250. The maximum absolute atomic E-state index is 12.7. The van der Waals surface area contributed by atoms with Gasteiger partial charge in [0.25, 0.3) is 0 Å². The number of halogens is 3. The minimum Gasteiger partial charge on any atom is -0.453 e. The van der Waals surface area contributed by atoms with Gasteiger partial charge in [0.1, 0.15) is 11.3 Å². The third-order valence-corrected chi connectivity index (χ3v) is 4.46. The maximum Gasteiger partial charge on any atom is 0.573 e. The van der Waals surface area contributed by atoms with E-state index in [9.17, 15) is 13.2 Å². The number of rotatable bonds is 7. The lowest BCUT2D eigenvalue weighted by Gasteiger charge is -2.15. The fourth-order valence-corrected chi connectivity index (χ4v) is 3.14. The molecule has 10 heteroatoms. The van der Waals surface area contributed by atoms with E-state index in [2.05, 4.69) is 30.7 Å². The average Bonchev–Trinajstić information content (AvgIpc) is 3.36. The zero-order chi connectivity index (χ0) is 21.1. The first-order valence-corrected chi connectivity index (χ1v) is 9.30. The molecule has 0 unspecified atom stereocenters. The monoisotopic (exact) mass is 417 g/mol. The topological polar surface area (TPSA) is 88.9 Å². The minimum absolute atomic E-state index is 0.176. The molecule has 7 nitrogen and oxygen atoms in total. The van der Waals surface area contributed by atoms with E-state index in [0.717, 1.165) is 17.4 Å². The number of anilines is 1. The van der Waals surface area contributed by atoms with Crippen LogP contribution in [0.5, 0.6) is 5.75 Å². The Morgan fingerprint density at radius 3 is 2.73 bits per heavy atom. The summed E-state index contributed by atoms with van der Waals surface area (Å²) in [4.78, 5) is 0. The van der Waals surface area contributed by atoms with E-state index < -0.39 is 6.36 Å². The van der Waals surface area contributed by atoms with Crippen molar-refractivity contribution < 1.29 is 22.3 Å². The van der Waals surface area contributed by atoms with Crippen molar-refractivity contribution in [3.05, 3.63) is 53.6 Å². The largest absolute Gasteiger partial charge is 0.573 e. The van der Waals surface area contributed by atoms with Crippen molar-refractivity contribution in [1.29, 1.82) is 0 Å². The van der Waals surface area contributed by atoms with Gasteiger partial charge in [0.05, 0.1) is 0 Å². The number of aromatic amines is 1. The van der Waals surface area contributed by atoms with Crippen LogP contribution in [0.1, 0.15) is 24.5 Å². The van der Waals surface area contributed by atoms with Gasteiger partial charge in [-0.1, -0.05) is 25.5 Å². The Bertz CT molecular complexity index is 1140. The van der Waals surface area contributed by atoms with Crippen LogP contribution in [0.4, 0.5) is 18.9 Å². The first kappa shape index (κ1) is 19.7. The van der Waals surface area contributed by atoms with Gasteiger partial charge >= 0.3 is 6.36 Å². The van der Waals surface area contributed by atoms with Crippen LogP contribution in [-0.2, 0) is 13.0 Å². The number of aryl methyl sites for hydroxylation is 1. The normalized spacial score (nSPS) is 11.7. The van der Waals surface area contributed by atoms with E-state index in [4.69, 9.17) is 4.42 Å². The molecule has 0 bridgehead atoms. The second-order valence-electron chi connectivity index (χ2n) is 6.69. The van der Waals surface area contributed by atoms with Crippen molar-refractivity contribution in [1.82, 2.24) is 20.6 Å². The Morgan fingerprint density at radius 2 is 2.00 bits per heavy atom. The summed E-state index contributed by atoms with van der Waals surface area (Å²) < 4.78 is 48.1. The molecule has 0 aliphatic carbocycles. The number of alkyl halides is 3. The van der Waals surface area contributed by atoms with Gasteiger partial charge in [-0.2, -0.15) is 5.21 Å². The number of ether oxygens (including phenoxy) is 1. The summed E-state index contributed by atoms with van der Waals surface area (Å²) in [5.74, 6) is 0.670. The minimum atomic E-state index is -4.73. The van der Waals surface area contributed by atoms with Crippen molar-refractivity contribution in [2.45, 2.75) is 32.7 Å². The summed E-state index contributed by atoms with van der Waals surface area (Å²) in [7, 11) is 0. The molecule has 0 radical (unpaired) electrons. The van der Waals surface area contributed by atoms with Crippen molar-refractivity contribution in [2.75, 3.05) is 5.32 Å². The molecule has 0 aliphatic rings. The summed E-state index contributed by atoms with van der Waals surface area (Å²) in [6, 6.07) is 12.2. The van der Waals surface area contributed by atoms with Gasteiger partial charge in [-0.05, 0) is 47.0 Å². The number of nitrogens with one attached hydrogen (secondary N) is 2. The first-order valence-electron chi connectivity index (χ1n) is 9.30. The van der Waals surface area contributed by atoms with E-state index in [-0.39, 0.29) is 5.75 Å². The SMILES string of the molecule is CCCc1ccc(NCc2ccc3oc(-c4nn[nH]n4)cc3c2)cc1OC(F)(F)F. The summed E-state index contributed by atoms with van der Waals surface area (Å²) >= 11 is 0. The average molecular weight is 417 g/mol. The van der Waals surface area contributed by atoms with Crippen LogP contribution in [0.3, 0.4) is 0 Å². The third-order valence-electron chi connectivity index (χ3n) is 4.46. The predicted molar refractivity (Wildman–Crippen MR) is 104 cm³/mol. The molecule has 0 amide bonds. The van der Waals surface area contributed by atoms with Crippen LogP contribution < -0.4 is 10.1 Å². The highest BCUT2D eigenvalue weighted by atomic mass is 19.4. The Balaban J connectivity index is 1.51. The Kier molecular flexibility index (Phi) is 5.30. The van der Waals surface area contributed by atoms with Gasteiger partial charge in [-0.25, -0.2) is 0 Å². The number of aromatic nitrogens is 4. The fourth-order valence-electron chi connectivity index (χ4n) is 3.14. The molecule has 2 aromatic heterocycles. The molecule has 2 heterocycles. The van der Waals surface area contributed by atoms with Crippen molar-refractivity contribution >= 4 is 16.7 Å². The molecule has 0 atom stereocenters. The van der Waals surface area contributed by atoms with Gasteiger partial charge in [0.2, 0.25) is 5.82 Å². The quantitative estimate of drug-likeness (QED) is 0.436. The van der Waals surface area contributed by atoms with Gasteiger partial charge in [0.15, 0.2) is 5.76 Å². The smallest absolute Gasteiger partial charge is 0.453 e. The number of furan rings is 1. The number of tetrazole rings is 1. The maximum atomic E-state index is 12.7. The molecule has 4 aromatic rings. The lowest BCUT2D eigenvalue weighted by atomic mass is 10.1. The number of nitrogens with zero attached hydrogens (tertiary/aromatic N) is 3. The Labute approximate surface area is 169 Å². The van der Waals surface area contributed by atoms with Gasteiger partial charge in [0, 0.05) is 23.7 Å². The summed E-state index contributed by atoms with van der Waals surface area (Å²) in [6.45, 7) is 2.32. The molecule has 0 saturated carbocycles. The highest BCUT2D eigenvalue weighted by Gasteiger charge is 2.32. The molecule has 0 saturated heterocycles. The number of benzene rings is 2. The van der Waals surface area contributed by atoms with Crippen LogP contribution in [-0.4, -0.2) is 27.0 Å². The second-order valence-corrected chi connectivity index (χ2v) is 6.69. The van der Waals surface area contributed by atoms with E-state index in [0.29, 0.717) is 41.4 Å². The first-order chi connectivity index (χ1) is 14.4. The molecule has 4 rings (SSSR count). The number of H-pyrrole nitrogens is 1. The van der Waals surface area contributed by atoms with Crippen molar-refractivity contribution in [2.24, 2.45) is 0 Å². The molecule has 2 N–H and O–H groups in total. The number of hydrogen-bond acceptors (Lipinski definition) is 6. The molecule has 0 spiro atoms. The van der Waals surface area contributed by atoms with E-state index in [1.165, 1.54) is 6.07 Å². The Hall–Kier alpha value is -3.56. The van der Waals surface area contributed by atoms with Crippen LogP contribution in [0.15, 0.2) is 46.9 Å². The molecule has 0 fully saturated rings. The lowest BCUT2D eigenvalue weighted by Crippen LogP contribution is -2.18. The highest BCUT2D eigenvalue weighted by Crippen LogP contribution is 2.31. The molecular weight excluding hydrogens is 399 g/mol. The molecule has 0 aliphatic heterocycles. The van der Waals surface area contributed by atoms with Crippen LogP contribution in [0.2, 0.25) is 0 Å². The Morgan fingerprint density at radius 1 is 1.13 bits per heavy atom. The van der Waals surface area contributed by atoms with E-state index >= 15 is 0 Å². The van der Waals surface area contributed by atoms with Crippen LogP contribution in [0.25, 0.3) is 22.6 Å². The van der Waals surface area contributed by atoms with Crippen molar-refractivity contribution in [3.63, 3.8) is 0 Å². The highest BCUT2D eigenvalue weighted by molar-refractivity contribution is 5.82. The van der Waals surface area contributed by atoms with Gasteiger partial charge in [-0.3, -0.25) is 0 Å². The van der Waals surface area contributed by atoms with Crippen LogP contribution in [0, 0.1) is 0 Å². The predicted octanol–water partition coefficient (Wildman–Crippen LogP) is 5.08. The zero-order valence-corrected chi connectivity index (χ0v) is 16.0. The summed E-state index contributed by atoms with van der Waals surface area (Å²) in [5.41, 5.74) is 2.66. The molecular formula is C20H18F3N5O2. The third kappa shape index (κ3) is 4.53. The standard InChI is InChI=1S/C20H18F3N5O2/c1-2-3-13-5-6-15(10-17(13)30-20(21,22)23)24-11-12-4-7-16-14(8-12)9-18(29-16)19-25-27-28-26-19/h4-10,24H,2-3,11H2,1H3,(H,25,26,27,28). The van der Waals surface area contributed by atoms with Crippen molar-refractivity contribution in [3.8, 4) is 17.3 Å². The van der Waals surface area contributed by atoms with E-state index in [1.807, 2.05) is 25.1 Å². The molecule has 156 valence electrons.